The van der Waals surface area contributed by atoms with Gasteiger partial charge in [0.1, 0.15) is 0 Å². The second-order valence-electron chi connectivity index (χ2n) is 0.513. The summed E-state index contributed by atoms with van der Waals surface area (Å²) in [6.45, 7) is 0. The molecule has 0 bridgehead atoms. The Morgan fingerprint density at radius 1 is 1.29 bits per heavy atom. The normalized spacial score (nSPS) is 8.43. The molecular formula is H4DyLiO4P. The average molecular weight is 268 g/mol. The van der Waals surface area contributed by atoms with Crippen LogP contribution >= 0.6 is 7.82 Å². The molecule has 0 rings (SSSR count). The van der Waals surface area contributed by atoms with Gasteiger partial charge in [-0.3, -0.25) is 0 Å². The monoisotopic (exact) mass is 270 g/mol. The predicted octanol–water partition coefficient (Wildman–Crippen LogP) is -3.81. The van der Waals surface area contributed by atoms with Gasteiger partial charge in [-0.1, -0.05) is 0 Å². The fourth-order valence-corrected chi connectivity index (χ4v) is 0. The van der Waals surface area contributed by atoms with Crippen LogP contribution in [0.3, 0.4) is 0 Å². The van der Waals surface area contributed by atoms with E-state index in [4.69, 9.17) is 19.2 Å². The summed E-state index contributed by atoms with van der Waals surface area (Å²) in [5.41, 5.74) is 0. The van der Waals surface area contributed by atoms with Gasteiger partial charge in [-0.25, -0.2) is 4.57 Å². The van der Waals surface area contributed by atoms with E-state index >= 15 is 0 Å². The van der Waals surface area contributed by atoms with Gasteiger partial charge in [-0.05, 0) is 0 Å². The fraction of sp³-hybridized carbons (Fsp3) is 0. The molecule has 0 aliphatic heterocycles. The van der Waals surface area contributed by atoms with Gasteiger partial charge in [0.2, 0.25) is 0 Å². The molecule has 0 amide bonds. The molecule has 0 radical (unpaired) electrons. The summed E-state index contributed by atoms with van der Waals surface area (Å²) in [5, 5.41) is 0. The van der Waals surface area contributed by atoms with Gasteiger partial charge in [0.15, 0.2) is 0 Å². The van der Waals surface area contributed by atoms with E-state index in [0.29, 0.717) is 0 Å². The summed E-state index contributed by atoms with van der Waals surface area (Å²) in [6.07, 6.45) is 0. The summed E-state index contributed by atoms with van der Waals surface area (Å²) in [4.78, 5) is 21.6. The molecule has 3 N–H and O–H groups in total. The maximum Gasteiger partial charge on any atom is 1.00 e. The smallest absolute Gasteiger partial charge is 1.00 e. The van der Waals surface area contributed by atoms with Crippen LogP contribution in [-0.2, 0) is 4.57 Å². The van der Waals surface area contributed by atoms with Crippen molar-refractivity contribution in [2.24, 2.45) is 0 Å². The Hall–Kier alpha value is 1.98. The zero-order valence-electron chi connectivity index (χ0n) is 4.51. The van der Waals surface area contributed by atoms with Crippen molar-refractivity contribution in [2.75, 3.05) is 0 Å². The van der Waals surface area contributed by atoms with Crippen LogP contribution in [0.15, 0.2) is 0 Å². The van der Waals surface area contributed by atoms with E-state index in [0.717, 1.165) is 0 Å². The predicted molar refractivity (Wildman–Crippen MR) is 15.4 cm³/mol. The molecule has 0 aliphatic rings. The van der Waals surface area contributed by atoms with Crippen LogP contribution in [0.4, 0.5) is 0 Å². The van der Waals surface area contributed by atoms with Crippen molar-refractivity contribution < 1.29 is 77.7 Å². The Balaban J connectivity index is -0.0000000267. The van der Waals surface area contributed by atoms with Gasteiger partial charge >= 0.3 is 26.7 Å². The molecule has 0 aliphatic carbocycles. The van der Waals surface area contributed by atoms with E-state index < -0.39 is 7.82 Å². The minimum Gasteiger partial charge on any atom is -1.00 e. The molecule has 4 nitrogen and oxygen atoms in total. The number of hydrogen-bond acceptors (Lipinski definition) is 1. The van der Waals surface area contributed by atoms with Gasteiger partial charge in [0, 0.05) is 38.2 Å². The Morgan fingerprint density at radius 2 is 1.29 bits per heavy atom. The summed E-state index contributed by atoms with van der Waals surface area (Å²) in [6, 6.07) is 0. The van der Waals surface area contributed by atoms with E-state index in [2.05, 4.69) is 0 Å². The van der Waals surface area contributed by atoms with Crippen LogP contribution in [0.5, 0.6) is 0 Å². The van der Waals surface area contributed by atoms with Crippen LogP contribution in [0, 0.1) is 38.2 Å². The molecule has 0 saturated carbocycles. The largest absolute Gasteiger partial charge is 1.00 e. The Labute approximate surface area is 84.6 Å². The molecule has 0 aromatic rings. The minimum absolute atomic E-state index is 0. The van der Waals surface area contributed by atoms with Gasteiger partial charge in [-0.15, -0.1) is 0 Å². The maximum atomic E-state index is 8.88. The number of phosphoric acid groups is 1. The van der Waals surface area contributed by atoms with Crippen LogP contribution in [0.2, 0.25) is 0 Å². The number of rotatable bonds is 0. The fourth-order valence-electron chi connectivity index (χ4n) is 0. The van der Waals surface area contributed by atoms with Crippen molar-refractivity contribution >= 4 is 7.82 Å². The average Bonchev–Trinajstić information content (AvgIpc) is 0.722. The van der Waals surface area contributed by atoms with E-state index in [1.807, 2.05) is 0 Å². The van der Waals surface area contributed by atoms with Crippen molar-refractivity contribution in [3.05, 3.63) is 0 Å². The summed E-state index contributed by atoms with van der Waals surface area (Å²) in [5.74, 6) is 0. The van der Waals surface area contributed by atoms with Crippen molar-refractivity contribution in [3.63, 3.8) is 0 Å². The first kappa shape index (κ1) is 16.0. The molecular weight excluding hydrogens is 264 g/mol. The van der Waals surface area contributed by atoms with Crippen molar-refractivity contribution in [3.8, 4) is 0 Å². The van der Waals surface area contributed by atoms with Crippen molar-refractivity contribution in [1.29, 1.82) is 0 Å². The molecule has 0 aromatic heterocycles. The third-order valence-electron chi connectivity index (χ3n) is 0. The summed E-state index contributed by atoms with van der Waals surface area (Å²) in [7, 11) is -4.64. The topological polar surface area (TPSA) is 77.8 Å². The quantitative estimate of drug-likeness (QED) is 0.311. The Kier molecular flexibility index (Phi) is 13.9. The van der Waals surface area contributed by atoms with Gasteiger partial charge in [0.25, 0.3) is 0 Å². The van der Waals surface area contributed by atoms with Crippen molar-refractivity contribution in [2.45, 2.75) is 0 Å². The second-order valence-corrected chi connectivity index (χ2v) is 1.54. The molecule has 44 valence electrons. The first-order valence-electron chi connectivity index (χ1n) is 0.783. The molecule has 0 spiro atoms. The van der Waals surface area contributed by atoms with E-state index in [9.17, 15) is 0 Å². The SMILES string of the molecule is O=P(O)(O)O.[Dy].[H-].[Li+]. The van der Waals surface area contributed by atoms with Gasteiger partial charge in [-0.2, -0.15) is 0 Å². The molecule has 0 atom stereocenters. The molecule has 7 heteroatoms. The number of hydrogen-bond donors (Lipinski definition) is 3. The molecule has 0 heterocycles. The molecule has 0 aromatic carbocycles. The standard InChI is InChI=1S/Dy.Li.H3O4P.H/c;;1-5(2,3)4;/h;;(H3,1,2,3,4);/q;+1;;-1. The summed E-state index contributed by atoms with van der Waals surface area (Å²) >= 11 is 0. The van der Waals surface area contributed by atoms with Crippen LogP contribution in [0.25, 0.3) is 0 Å². The van der Waals surface area contributed by atoms with Crippen LogP contribution in [0.1, 0.15) is 1.43 Å². The van der Waals surface area contributed by atoms with Gasteiger partial charge in [0.05, 0.1) is 0 Å². The summed E-state index contributed by atoms with van der Waals surface area (Å²) < 4.78 is 8.88. The first-order valence-corrected chi connectivity index (χ1v) is 2.35. The molecule has 7 heavy (non-hydrogen) atoms. The molecule has 0 fully saturated rings. The zero-order valence-corrected chi connectivity index (χ0v) is 6.44. The van der Waals surface area contributed by atoms with E-state index in [-0.39, 0.29) is 58.5 Å². The Morgan fingerprint density at radius 3 is 1.29 bits per heavy atom. The third-order valence-corrected chi connectivity index (χ3v) is 0. The zero-order chi connectivity index (χ0) is 4.50. The van der Waals surface area contributed by atoms with Crippen molar-refractivity contribution in [1.82, 2.24) is 0 Å². The van der Waals surface area contributed by atoms with E-state index in [1.165, 1.54) is 0 Å². The van der Waals surface area contributed by atoms with Crippen LogP contribution in [-0.4, -0.2) is 14.7 Å². The minimum atomic E-state index is -4.64. The van der Waals surface area contributed by atoms with E-state index in [1.54, 1.807) is 0 Å². The molecule has 0 saturated heterocycles. The second kappa shape index (κ2) is 6.11. The van der Waals surface area contributed by atoms with Gasteiger partial charge < -0.3 is 16.1 Å². The van der Waals surface area contributed by atoms with Crippen LogP contribution < -0.4 is 18.9 Å². The maximum absolute atomic E-state index is 8.88. The molecule has 0 unspecified atom stereocenters. The third kappa shape index (κ3) is 72.8. The first-order chi connectivity index (χ1) is 2.00. The Bertz CT molecular complexity index is 62.2.